The van der Waals surface area contributed by atoms with Gasteiger partial charge in [0.15, 0.2) is 0 Å². The highest BCUT2D eigenvalue weighted by molar-refractivity contribution is 5.96. The lowest BCUT2D eigenvalue weighted by Gasteiger charge is -2.08. The highest BCUT2D eigenvalue weighted by atomic mass is 16.6. The highest BCUT2D eigenvalue weighted by Crippen LogP contribution is 2.29. The number of aromatic nitrogens is 1. The van der Waals surface area contributed by atoms with Crippen molar-refractivity contribution in [1.82, 2.24) is 4.98 Å². The second-order valence-corrected chi connectivity index (χ2v) is 4.21. The Morgan fingerprint density at radius 2 is 2.16 bits per heavy atom. The Kier molecular flexibility index (Phi) is 4.25. The lowest BCUT2D eigenvalue weighted by atomic mass is 10.1. The molecule has 1 aromatic carbocycles. The molecule has 0 unspecified atom stereocenters. The van der Waals surface area contributed by atoms with E-state index in [0.717, 1.165) is 25.1 Å². The standard InChI is InChI=1S/C13H16N4O2/c14-7-1-2-8-15-11-5-6-12(17(18)19)10-4-3-9-16-13(10)11/h3-6,9,15H,1-2,7-8,14H2. The first-order valence-electron chi connectivity index (χ1n) is 6.20. The van der Waals surface area contributed by atoms with E-state index < -0.39 is 0 Å². The number of unbranched alkanes of at least 4 members (excludes halogenated alkanes) is 1. The van der Waals surface area contributed by atoms with Gasteiger partial charge in [-0.15, -0.1) is 0 Å². The fourth-order valence-corrected chi connectivity index (χ4v) is 1.95. The molecule has 1 aromatic heterocycles. The summed E-state index contributed by atoms with van der Waals surface area (Å²) < 4.78 is 0. The van der Waals surface area contributed by atoms with Gasteiger partial charge in [0.2, 0.25) is 0 Å². The van der Waals surface area contributed by atoms with Crippen molar-refractivity contribution in [1.29, 1.82) is 0 Å². The molecular weight excluding hydrogens is 244 g/mol. The average Bonchev–Trinajstić information content (AvgIpc) is 2.43. The summed E-state index contributed by atoms with van der Waals surface area (Å²) in [5.41, 5.74) is 6.96. The van der Waals surface area contributed by atoms with Gasteiger partial charge in [-0.1, -0.05) is 0 Å². The maximum Gasteiger partial charge on any atom is 0.278 e. The molecule has 0 saturated heterocycles. The van der Waals surface area contributed by atoms with Crippen molar-refractivity contribution in [2.45, 2.75) is 12.8 Å². The van der Waals surface area contributed by atoms with Gasteiger partial charge in [0.1, 0.15) is 5.52 Å². The Bertz CT molecular complexity index is 586. The van der Waals surface area contributed by atoms with E-state index >= 15 is 0 Å². The minimum atomic E-state index is -0.387. The maximum atomic E-state index is 11.0. The highest BCUT2D eigenvalue weighted by Gasteiger charge is 2.14. The lowest BCUT2D eigenvalue weighted by molar-refractivity contribution is -0.383. The van der Waals surface area contributed by atoms with Crippen LogP contribution in [0.25, 0.3) is 10.9 Å². The van der Waals surface area contributed by atoms with Gasteiger partial charge >= 0.3 is 0 Å². The van der Waals surface area contributed by atoms with Crippen LogP contribution in [0.4, 0.5) is 11.4 Å². The van der Waals surface area contributed by atoms with Crippen LogP contribution in [0.15, 0.2) is 30.5 Å². The topological polar surface area (TPSA) is 94.1 Å². The number of benzene rings is 1. The quantitative estimate of drug-likeness (QED) is 0.472. The summed E-state index contributed by atoms with van der Waals surface area (Å²) in [6, 6.07) is 6.63. The monoisotopic (exact) mass is 260 g/mol. The molecule has 0 amide bonds. The van der Waals surface area contributed by atoms with Gasteiger partial charge in [0, 0.05) is 18.8 Å². The molecule has 2 rings (SSSR count). The van der Waals surface area contributed by atoms with E-state index in [1.165, 1.54) is 6.07 Å². The Labute approximate surface area is 110 Å². The number of nitrogens with zero attached hydrogens (tertiary/aromatic N) is 2. The van der Waals surface area contributed by atoms with Crippen LogP contribution >= 0.6 is 0 Å². The largest absolute Gasteiger partial charge is 0.383 e. The Balaban J connectivity index is 2.30. The molecule has 0 fully saturated rings. The van der Waals surface area contributed by atoms with Gasteiger partial charge < -0.3 is 11.1 Å². The SMILES string of the molecule is NCCCCNc1ccc([N+](=O)[O-])c2cccnc12. The first kappa shape index (κ1) is 13.2. The predicted octanol–water partition coefficient (Wildman–Crippen LogP) is 2.29. The van der Waals surface area contributed by atoms with E-state index in [-0.39, 0.29) is 10.6 Å². The number of non-ortho nitro benzene ring substituents is 1. The summed E-state index contributed by atoms with van der Waals surface area (Å²) in [7, 11) is 0. The molecular formula is C13H16N4O2. The summed E-state index contributed by atoms with van der Waals surface area (Å²) >= 11 is 0. The Hall–Kier alpha value is -2.21. The van der Waals surface area contributed by atoms with Gasteiger partial charge in [0.25, 0.3) is 5.69 Å². The molecule has 0 aliphatic heterocycles. The molecule has 1 heterocycles. The van der Waals surface area contributed by atoms with Crippen molar-refractivity contribution in [2.24, 2.45) is 5.73 Å². The molecule has 0 radical (unpaired) electrons. The van der Waals surface area contributed by atoms with E-state index in [1.807, 2.05) is 0 Å². The van der Waals surface area contributed by atoms with Crippen molar-refractivity contribution >= 4 is 22.3 Å². The van der Waals surface area contributed by atoms with Gasteiger partial charge in [0.05, 0.1) is 16.0 Å². The first-order valence-corrected chi connectivity index (χ1v) is 6.20. The summed E-state index contributed by atoms with van der Waals surface area (Å²) in [6.45, 7) is 1.45. The van der Waals surface area contributed by atoms with Crippen molar-refractivity contribution in [2.75, 3.05) is 18.4 Å². The smallest absolute Gasteiger partial charge is 0.278 e. The fourth-order valence-electron chi connectivity index (χ4n) is 1.95. The number of nitrogens with one attached hydrogen (secondary N) is 1. The van der Waals surface area contributed by atoms with Crippen molar-refractivity contribution in [3.63, 3.8) is 0 Å². The average molecular weight is 260 g/mol. The van der Waals surface area contributed by atoms with Crippen LogP contribution in [0.5, 0.6) is 0 Å². The molecule has 0 aliphatic carbocycles. The number of pyridine rings is 1. The second kappa shape index (κ2) is 6.10. The van der Waals surface area contributed by atoms with E-state index in [0.29, 0.717) is 17.4 Å². The molecule has 3 N–H and O–H groups in total. The van der Waals surface area contributed by atoms with Crippen molar-refractivity contribution < 1.29 is 4.92 Å². The number of anilines is 1. The van der Waals surface area contributed by atoms with Crippen LogP contribution in [-0.2, 0) is 0 Å². The zero-order chi connectivity index (χ0) is 13.7. The molecule has 0 spiro atoms. The normalized spacial score (nSPS) is 10.6. The fraction of sp³-hybridized carbons (Fsp3) is 0.308. The number of hydrogen-bond donors (Lipinski definition) is 2. The Morgan fingerprint density at radius 3 is 2.89 bits per heavy atom. The molecule has 6 nitrogen and oxygen atoms in total. The van der Waals surface area contributed by atoms with E-state index in [4.69, 9.17) is 5.73 Å². The van der Waals surface area contributed by atoms with Gasteiger partial charge in [-0.05, 0) is 37.6 Å². The molecule has 6 heteroatoms. The molecule has 0 saturated carbocycles. The molecule has 0 bridgehead atoms. The Morgan fingerprint density at radius 1 is 1.32 bits per heavy atom. The third-order valence-electron chi connectivity index (χ3n) is 2.89. The van der Waals surface area contributed by atoms with Crippen LogP contribution in [0, 0.1) is 10.1 Å². The lowest BCUT2D eigenvalue weighted by Crippen LogP contribution is -2.06. The van der Waals surface area contributed by atoms with Gasteiger partial charge in [-0.2, -0.15) is 0 Å². The minimum absolute atomic E-state index is 0.0793. The summed E-state index contributed by atoms with van der Waals surface area (Å²) in [5, 5.41) is 14.8. The molecule has 19 heavy (non-hydrogen) atoms. The van der Waals surface area contributed by atoms with E-state index in [9.17, 15) is 10.1 Å². The zero-order valence-corrected chi connectivity index (χ0v) is 10.5. The number of fused-ring (bicyclic) bond motifs is 1. The number of nitro benzene ring substituents is 1. The molecule has 2 aromatic rings. The zero-order valence-electron chi connectivity index (χ0n) is 10.5. The van der Waals surface area contributed by atoms with Gasteiger partial charge in [-0.3, -0.25) is 15.1 Å². The first-order chi connectivity index (χ1) is 9.24. The van der Waals surface area contributed by atoms with Crippen LogP contribution in [0.3, 0.4) is 0 Å². The third kappa shape index (κ3) is 2.97. The number of nitrogens with two attached hydrogens (primary N) is 1. The van der Waals surface area contributed by atoms with Gasteiger partial charge in [-0.25, -0.2) is 0 Å². The molecule has 0 atom stereocenters. The van der Waals surface area contributed by atoms with E-state index in [1.54, 1.807) is 24.4 Å². The second-order valence-electron chi connectivity index (χ2n) is 4.21. The van der Waals surface area contributed by atoms with Crippen LogP contribution in [0.1, 0.15) is 12.8 Å². The number of rotatable bonds is 6. The minimum Gasteiger partial charge on any atom is -0.383 e. The molecule has 0 aliphatic rings. The predicted molar refractivity (Wildman–Crippen MR) is 75.2 cm³/mol. The summed E-state index contributed by atoms with van der Waals surface area (Å²) in [6.07, 6.45) is 3.55. The maximum absolute atomic E-state index is 11.0. The van der Waals surface area contributed by atoms with Crippen molar-refractivity contribution in [3.8, 4) is 0 Å². The third-order valence-corrected chi connectivity index (χ3v) is 2.89. The number of nitro groups is 1. The molecule has 100 valence electrons. The van der Waals surface area contributed by atoms with E-state index in [2.05, 4.69) is 10.3 Å². The number of hydrogen-bond acceptors (Lipinski definition) is 5. The van der Waals surface area contributed by atoms with Crippen LogP contribution in [-0.4, -0.2) is 23.0 Å². The van der Waals surface area contributed by atoms with Crippen LogP contribution < -0.4 is 11.1 Å². The van der Waals surface area contributed by atoms with Crippen molar-refractivity contribution in [3.05, 3.63) is 40.6 Å². The van der Waals surface area contributed by atoms with Crippen LogP contribution in [0.2, 0.25) is 0 Å². The summed E-state index contributed by atoms with van der Waals surface area (Å²) in [4.78, 5) is 14.8. The summed E-state index contributed by atoms with van der Waals surface area (Å²) in [5.74, 6) is 0.